The molecule has 1 aliphatic rings. The molecule has 1 heterocycles. The average Bonchev–Trinajstić information content (AvgIpc) is 2.29. The van der Waals surface area contributed by atoms with Crippen LogP contribution >= 0.6 is 0 Å². The van der Waals surface area contributed by atoms with E-state index in [0.29, 0.717) is 6.54 Å². The Hall–Kier alpha value is -1.09. The second kappa shape index (κ2) is 4.62. The fourth-order valence-corrected chi connectivity index (χ4v) is 2.12. The van der Waals surface area contributed by atoms with Crippen molar-refractivity contribution in [2.24, 2.45) is 5.73 Å². The summed E-state index contributed by atoms with van der Waals surface area (Å²) in [6, 6.07) is 2.23. The molecule has 0 bridgehead atoms. The third kappa shape index (κ3) is 2.29. The molecule has 0 spiro atoms. The smallest absolute Gasteiger partial charge is 0.128 e. The largest absolute Gasteiger partial charge is 0.358 e. The maximum absolute atomic E-state index is 5.54. The molecule has 0 aromatic carbocycles. The maximum Gasteiger partial charge on any atom is 0.128 e. The van der Waals surface area contributed by atoms with Gasteiger partial charge in [0.05, 0.1) is 0 Å². The molecule has 82 valence electrons. The third-order valence-electron chi connectivity index (χ3n) is 3.07. The van der Waals surface area contributed by atoms with Crippen molar-refractivity contribution in [3.8, 4) is 0 Å². The molecule has 0 atom stereocenters. The van der Waals surface area contributed by atoms with Gasteiger partial charge in [-0.2, -0.15) is 0 Å². The molecule has 0 saturated heterocycles. The number of pyridine rings is 1. The van der Waals surface area contributed by atoms with E-state index in [1.54, 1.807) is 0 Å². The molecule has 2 N–H and O–H groups in total. The van der Waals surface area contributed by atoms with E-state index in [-0.39, 0.29) is 0 Å². The predicted molar refractivity (Wildman–Crippen MR) is 63.2 cm³/mol. The number of aryl methyl sites for hydroxylation is 2. The van der Waals surface area contributed by atoms with Crippen LogP contribution in [0.15, 0.2) is 12.3 Å². The maximum atomic E-state index is 5.54. The van der Waals surface area contributed by atoms with Crippen molar-refractivity contribution in [2.45, 2.75) is 25.7 Å². The topological polar surface area (TPSA) is 42.1 Å². The summed E-state index contributed by atoms with van der Waals surface area (Å²) in [6.45, 7) is 1.54. The summed E-state index contributed by atoms with van der Waals surface area (Å²) >= 11 is 0. The first-order valence-electron chi connectivity index (χ1n) is 5.70. The average molecular weight is 205 g/mol. The van der Waals surface area contributed by atoms with Gasteiger partial charge in [-0.3, -0.25) is 0 Å². The quantitative estimate of drug-likeness (QED) is 0.810. The zero-order valence-electron chi connectivity index (χ0n) is 9.37. The first kappa shape index (κ1) is 10.4. The summed E-state index contributed by atoms with van der Waals surface area (Å²) in [6.07, 6.45) is 7.07. The molecule has 0 saturated carbocycles. The molecule has 0 amide bonds. The zero-order chi connectivity index (χ0) is 10.7. The number of nitrogens with two attached hydrogens (primary N) is 1. The molecule has 1 aromatic rings. The van der Waals surface area contributed by atoms with E-state index in [1.165, 1.54) is 36.8 Å². The van der Waals surface area contributed by atoms with E-state index < -0.39 is 0 Å². The van der Waals surface area contributed by atoms with Crippen molar-refractivity contribution in [2.75, 3.05) is 25.0 Å². The van der Waals surface area contributed by atoms with E-state index >= 15 is 0 Å². The SMILES string of the molecule is CN(CCN)c1cc2c(cn1)CCCC2. The summed E-state index contributed by atoms with van der Waals surface area (Å²) in [5.74, 6) is 1.06. The number of nitrogens with zero attached hydrogens (tertiary/aromatic N) is 2. The summed E-state index contributed by atoms with van der Waals surface area (Å²) in [5, 5.41) is 0. The molecule has 0 aliphatic heterocycles. The summed E-state index contributed by atoms with van der Waals surface area (Å²) in [7, 11) is 2.05. The molecule has 0 fully saturated rings. The molecular weight excluding hydrogens is 186 g/mol. The molecule has 1 aromatic heterocycles. The fourth-order valence-electron chi connectivity index (χ4n) is 2.12. The molecule has 15 heavy (non-hydrogen) atoms. The lowest BCUT2D eigenvalue weighted by Gasteiger charge is -2.21. The Morgan fingerprint density at radius 1 is 1.33 bits per heavy atom. The summed E-state index contributed by atoms with van der Waals surface area (Å²) in [4.78, 5) is 6.60. The van der Waals surface area contributed by atoms with Gasteiger partial charge in [0, 0.05) is 26.3 Å². The number of likely N-dealkylation sites (N-methyl/N-ethyl adjacent to an activating group) is 1. The van der Waals surface area contributed by atoms with Crippen LogP contribution < -0.4 is 10.6 Å². The zero-order valence-corrected chi connectivity index (χ0v) is 9.37. The molecule has 1 aliphatic carbocycles. The van der Waals surface area contributed by atoms with E-state index in [2.05, 4.69) is 16.0 Å². The van der Waals surface area contributed by atoms with Crippen molar-refractivity contribution >= 4 is 5.82 Å². The van der Waals surface area contributed by atoms with Gasteiger partial charge in [-0.05, 0) is 42.9 Å². The van der Waals surface area contributed by atoms with E-state index in [0.717, 1.165) is 12.4 Å². The number of hydrogen-bond donors (Lipinski definition) is 1. The number of fused-ring (bicyclic) bond motifs is 1. The highest BCUT2D eigenvalue weighted by Crippen LogP contribution is 2.23. The van der Waals surface area contributed by atoms with Gasteiger partial charge in [0.25, 0.3) is 0 Å². The van der Waals surface area contributed by atoms with E-state index in [4.69, 9.17) is 5.73 Å². The van der Waals surface area contributed by atoms with Gasteiger partial charge in [-0.25, -0.2) is 4.98 Å². The van der Waals surface area contributed by atoms with Crippen molar-refractivity contribution in [1.29, 1.82) is 0 Å². The van der Waals surface area contributed by atoms with Crippen LogP contribution in [0.3, 0.4) is 0 Å². The Morgan fingerprint density at radius 3 is 2.80 bits per heavy atom. The van der Waals surface area contributed by atoms with Crippen molar-refractivity contribution in [3.05, 3.63) is 23.4 Å². The normalized spacial score (nSPS) is 14.8. The number of aromatic nitrogens is 1. The van der Waals surface area contributed by atoms with Crippen LogP contribution in [-0.2, 0) is 12.8 Å². The lowest BCUT2D eigenvalue weighted by molar-refractivity contribution is 0.681. The number of anilines is 1. The van der Waals surface area contributed by atoms with Crippen molar-refractivity contribution < 1.29 is 0 Å². The first-order chi connectivity index (χ1) is 7.31. The van der Waals surface area contributed by atoms with Crippen LogP contribution in [0.2, 0.25) is 0 Å². The highest BCUT2D eigenvalue weighted by molar-refractivity contribution is 5.43. The van der Waals surface area contributed by atoms with Gasteiger partial charge in [0.1, 0.15) is 5.82 Å². The van der Waals surface area contributed by atoms with Gasteiger partial charge in [-0.15, -0.1) is 0 Å². The molecule has 0 unspecified atom stereocenters. The van der Waals surface area contributed by atoms with Crippen molar-refractivity contribution in [3.63, 3.8) is 0 Å². The highest BCUT2D eigenvalue weighted by atomic mass is 15.2. The Bertz CT molecular complexity index is 336. The number of rotatable bonds is 3. The molecular formula is C12H19N3. The first-order valence-corrected chi connectivity index (χ1v) is 5.70. The van der Waals surface area contributed by atoms with Gasteiger partial charge in [-0.1, -0.05) is 0 Å². The lowest BCUT2D eigenvalue weighted by Crippen LogP contribution is -2.26. The van der Waals surface area contributed by atoms with E-state index in [9.17, 15) is 0 Å². The van der Waals surface area contributed by atoms with Crippen LogP contribution in [0.4, 0.5) is 5.82 Å². The Kier molecular flexibility index (Phi) is 3.21. The minimum Gasteiger partial charge on any atom is -0.358 e. The number of hydrogen-bond acceptors (Lipinski definition) is 3. The molecule has 0 radical (unpaired) electrons. The van der Waals surface area contributed by atoms with Gasteiger partial charge in [0.2, 0.25) is 0 Å². The summed E-state index contributed by atoms with van der Waals surface area (Å²) < 4.78 is 0. The Labute approximate surface area is 91.3 Å². The van der Waals surface area contributed by atoms with Crippen LogP contribution in [0.5, 0.6) is 0 Å². The van der Waals surface area contributed by atoms with E-state index in [1.807, 2.05) is 13.2 Å². The monoisotopic (exact) mass is 205 g/mol. The Morgan fingerprint density at radius 2 is 2.07 bits per heavy atom. The minimum absolute atomic E-state index is 0.676. The van der Waals surface area contributed by atoms with Crippen LogP contribution in [0.1, 0.15) is 24.0 Å². The second-order valence-corrected chi connectivity index (χ2v) is 4.23. The van der Waals surface area contributed by atoms with Crippen molar-refractivity contribution in [1.82, 2.24) is 4.98 Å². The molecule has 3 heteroatoms. The standard InChI is InChI=1S/C12H19N3/c1-15(7-6-13)12-8-10-4-2-3-5-11(10)9-14-12/h8-9H,2-7,13H2,1H3. The second-order valence-electron chi connectivity index (χ2n) is 4.23. The van der Waals surface area contributed by atoms with Crippen LogP contribution in [0.25, 0.3) is 0 Å². The van der Waals surface area contributed by atoms with Gasteiger partial charge >= 0.3 is 0 Å². The van der Waals surface area contributed by atoms with Crippen LogP contribution in [-0.4, -0.2) is 25.1 Å². The highest BCUT2D eigenvalue weighted by Gasteiger charge is 2.11. The van der Waals surface area contributed by atoms with Crippen LogP contribution in [0, 0.1) is 0 Å². The lowest BCUT2D eigenvalue weighted by atomic mass is 9.93. The Balaban J connectivity index is 2.20. The fraction of sp³-hybridized carbons (Fsp3) is 0.583. The molecule has 2 rings (SSSR count). The third-order valence-corrected chi connectivity index (χ3v) is 3.07. The van der Waals surface area contributed by atoms with Gasteiger partial charge < -0.3 is 10.6 Å². The summed E-state index contributed by atoms with van der Waals surface area (Å²) in [5.41, 5.74) is 8.45. The predicted octanol–water partition coefficient (Wildman–Crippen LogP) is 1.36. The molecule has 3 nitrogen and oxygen atoms in total. The van der Waals surface area contributed by atoms with Gasteiger partial charge in [0.15, 0.2) is 0 Å². The minimum atomic E-state index is 0.676.